The minimum absolute atomic E-state index is 0.0673. The third-order valence-corrected chi connectivity index (χ3v) is 7.73. The summed E-state index contributed by atoms with van der Waals surface area (Å²) in [5.74, 6) is 2.95. The number of urea groups is 1. The molecule has 40 heavy (non-hydrogen) atoms. The van der Waals surface area contributed by atoms with Crippen LogP contribution in [0.1, 0.15) is 23.1 Å². The zero-order valence-electron chi connectivity index (χ0n) is 23.1. The van der Waals surface area contributed by atoms with E-state index in [1.807, 2.05) is 67.8 Å². The number of hydrazine groups is 1. The van der Waals surface area contributed by atoms with Gasteiger partial charge in [-0.15, -0.1) is 6.42 Å². The number of benzene rings is 2. The number of aryl methyl sites for hydroxylation is 1. The molecule has 0 aliphatic carbocycles. The summed E-state index contributed by atoms with van der Waals surface area (Å²) in [5.41, 5.74) is 3.19. The Kier molecular flexibility index (Phi) is 10.5. The number of nitrogens with one attached hydrogen (secondary N) is 1. The lowest BCUT2D eigenvalue weighted by molar-refractivity contribution is -0.189. The fraction of sp³-hybridized carbons (Fsp3) is 0.433. The third-order valence-electron chi connectivity index (χ3n) is 7.09. The number of nitrogens with zero attached hydrogens (tertiary/aromatic N) is 4. The normalized spacial score (nSPS) is 19.4. The van der Waals surface area contributed by atoms with Gasteiger partial charge in [-0.2, -0.15) is 16.8 Å². The number of terminal acetylenes is 1. The smallest absolute Gasteiger partial charge is 0.334 e. The van der Waals surface area contributed by atoms with Gasteiger partial charge in [0.2, 0.25) is 11.8 Å². The van der Waals surface area contributed by atoms with Crippen molar-refractivity contribution in [3.63, 3.8) is 0 Å². The van der Waals surface area contributed by atoms with Gasteiger partial charge >= 0.3 is 6.03 Å². The van der Waals surface area contributed by atoms with Crippen LogP contribution in [0.25, 0.3) is 0 Å². The lowest BCUT2D eigenvalue weighted by atomic mass is 10.0. The number of ether oxygens (including phenoxy) is 1. The second kappa shape index (κ2) is 14.2. The molecular weight excluding hydrogens is 526 g/mol. The van der Waals surface area contributed by atoms with Gasteiger partial charge in [0.05, 0.1) is 32.8 Å². The summed E-state index contributed by atoms with van der Waals surface area (Å²) in [5, 5.41) is 6.10. The lowest BCUT2D eigenvalue weighted by Gasteiger charge is -2.54. The zero-order chi connectivity index (χ0) is 28.5. The van der Waals surface area contributed by atoms with Crippen LogP contribution in [0.2, 0.25) is 0 Å². The molecule has 2 heterocycles. The number of fused-ring (bicyclic) bond motifs is 1. The van der Waals surface area contributed by atoms with E-state index in [4.69, 9.17) is 11.2 Å². The molecule has 2 aromatic rings. The van der Waals surface area contributed by atoms with Crippen molar-refractivity contribution in [2.24, 2.45) is 0 Å². The molecule has 9 nitrogen and oxygen atoms in total. The predicted octanol–water partition coefficient (Wildman–Crippen LogP) is 2.71. The Labute approximate surface area is 240 Å². The minimum atomic E-state index is -0.674. The third kappa shape index (κ3) is 7.16. The summed E-state index contributed by atoms with van der Waals surface area (Å²) in [6.45, 7) is 3.70. The molecule has 0 unspecified atom stereocenters. The van der Waals surface area contributed by atoms with Crippen molar-refractivity contribution < 1.29 is 19.1 Å². The molecule has 4 rings (SSSR count). The Balaban J connectivity index is 1.51. The summed E-state index contributed by atoms with van der Waals surface area (Å²) >= 11 is 1.62. The molecule has 0 saturated carbocycles. The van der Waals surface area contributed by atoms with E-state index >= 15 is 0 Å². The van der Waals surface area contributed by atoms with E-state index in [2.05, 4.69) is 11.2 Å². The summed E-state index contributed by atoms with van der Waals surface area (Å²) in [7, 11) is 0. The number of carbonyl (C=O) groups is 3. The van der Waals surface area contributed by atoms with E-state index in [0.717, 1.165) is 11.1 Å². The number of hydrogen-bond donors (Lipinski definition) is 1. The first kappa shape index (κ1) is 29.5. The molecule has 2 atom stereocenters. The van der Waals surface area contributed by atoms with Gasteiger partial charge < -0.3 is 19.9 Å². The summed E-state index contributed by atoms with van der Waals surface area (Å²) in [4.78, 5) is 43.9. The van der Waals surface area contributed by atoms with E-state index in [1.54, 1.807) is 26.6 Å². The Morgan fingerprint density at radius 3 is 2.58 bits per heavy atom. The first-order valence-corrected chi connectivity index (χ1v) is 14.8. The largest absolute Gasteiger partial charge is 0.375 e. The molecule has 2 fully saturated rings. The van der Waals surface area contributed by atoms with Crippen LogP contribution < -0.4 is 5.32 Å². The topological polar surface area (TPSA) is 85.4 Å². The molecule has 0 bridgehead atoms. The van der Waals surface area contributed by atoms with E-state index < -0.39 is 12.2 Å². The molecule has 2 aromatic carbocycles. The van der Waals surface area contributed by atoms with E-state index in [1.165, 1.54) is 10.6 Å². The summed E-state index contributed by atoms with van der Waals surface area (Å²) < 4.78 is 5.90. The van der Waals surface area contributed by atoms with Gasteiger partial charge in [-0.3, -0.25) is 9.59 Å². The van der Waals surface area contributed by atoms with Gasteiger partial charge in [0.25, 0.3) is 0 Å². The van der Waals surface area contributed by atoms with Crippen molar-refractivity contribution in [2.75, 3.05) is 44.8 Å². The highest BCUT2D eigenvalue weighted by atomic mass is 32.2. The first-order chi connectivity index (χ1) is 19.4. The van der Waals surface area contributed by atoms with E-state index in [9.17, 15) is 14.4 Å². The van der Waals surface area contributed by atoms with Crippen LogP contribution in [0.5, 0.6) is 0 Å². The highest BCUT2D eigenvalue weighted by Gasteiger charge is 2.51. The van der Waals surface area contributed by atoms with Crippen molar-refractivity contribution in [3.05, 3.63) is 71.3 Å². The number of rotatable bonds is 11. The Morgan fingerprint density at radius 2 is 1.88 bits per heavy atom. The van der Waals surface area contributed by atoms with Gasteiger partial charge in [0.1, 0.15) is 12.2 Å². The monoisotopic (exact) mass is 563 g/mol. The van der Waals surface area contributed by atoms with Gasteiger partial charge in [-0.1, -0.05) is 66.1 Å². The average Bonchev–Trinajstić information content (AvgIpc) is 2.96. The zero-order valence-corrected chi connectivity index (χ0v) is 23.9. The number of thioether (sulfide) groups is 1. The average molecular weight is 564 g/mol. The Hall–Kier alpha value is -3.52. The van der Waals surface area contributed by atoms with Gasteiger partial charge in [-0.25, -0.2) is 9.80 Å². The maximum atomic E-state index is 13.6. The van der Waals surface area contributed by atoms with Crippen molar-refractivity contribution in [1.29, 1.82) is 0 Å². The lowest BCUT2D eigenvalue weighted by Crippen LogP contribution is -2.76. The number of carbonyl (C=O) groups excluding carboxylic acids is 3. The van der Waals surface area contributed by atoms with Crippen LogP contribution in [0.15, 0.2) is 54.6 Å². The molecule has 4 amide bonds. The molecule has 2 saturated heterocycles. The molecule has 10 heteroatoms. The number of amides is 4. The van der Waals surface area contributed by atoms with Gasteiger partial charge in [-0.05, 0) is 36.5 Å². The second-order valence-corrected chi connectivity index (χ2v) is 10.9. The highest BCUT2D eigenvalue weighted by molar-refractivity contribution is 7.98. The van der Waals surface area contributed by atoms with E-state index in [0.29, 0.717) is 38.5 Å². The van der Waals surface area contributed by atoms with Gasteiger partial charge in [0, 0.05) is 13.1 Å². The summed E-state index contributed by atoms with van der Waals surface area (Å²) in [6.07, 6.45) is 7.41. The number of piperazine rings is 1. The maximum absolute atomic E-state index is 13.6. The van der Waals surface area contributed by atoms with Crippen LogP contribution >= 0.6 is 11.8 Å². The van der Waals surface area contributed by atoms with Crippen LogP contribution in [0, 0.1) is 19.3 Å². The number of hydrogen-bond acceptors (Lipinski definition) is 6. The molecule has 1 N–H and O–H groups in total. The quantitative estimate of drug-likeness (QED) is 0.334. The molecule has 2 aliphatic heterocycles. The Bertz CT molecular complexity index is 1200. The van der Waals surface area contributed by atoms with Crippen molar-refractivity contribution in [3.8, 4) is 12.3 Å². The van der Waals surface area contributed by atoms with Crippen LogP contribution in [0.3, 0.4) is 0 Å². The fourth-order valence-electron chi connectivity index (χ4n) is 5.05. The standard InChI is InChI=1S/C30H37N5O4S/c1-4-15-33-21-28(36)34-26(14-18-40-3)29(37)32(16-17-39-22-25-12-10-23(2)11-13-25)20-27(34)35(33)30(38)31-19-24-8-6-5-7-9-24/h1,5-13,26-27H,14-22H2,2-3H3,(H,31,38)/t26-,27-/m0/s1. The first-order valence-electron chi connectivity index (χ1n) is 13.4. The molecule has 0 radical (unpaired) electrons. The molecular formula is C30H37N5O4S. The van der Waals surface area contributed by atoms with Crippen molar-refractivity contribution >= 4 is 29.6 Å². The predicted molar refractivity (Wildman–Crippen MR) is 156 cm³/mol. The van der Waals surface area contributed by atoms with Crippen molar-refractivity contribution in [2.45, 2.75) is 38.7 Å². The molecule has 2 aliphatic rings. The van der Waals surface area contributed by atoms with Crippen LogP contribution in [0.4, 0.5) is 4.79 Å². The molecule has 0 aromatic heterocycles. The maximum Gasteiger partial charge on any atom is 0.334 e. The van der Waals surface area contributed by atoms with Crippen LogP contribution in [-0.2, 0) is 27.5 Å². The Morgan fingerprint density at radius 1 is 1.12 bits per heavy atom. The summed E-state index contributed by atoms with van der Waals surface area (Å²) in [6, 6.07) is 16.7. The molecule has 0 spiro atoms. The van der Waals surface area contributed by atoms with Crippen molar-refractivity contribution in [1.82, 2.24) is 25.1 Å². The van der Waals surface area contributed by atoms with Gasteiger partial charge in [0.15, 0.2) is 0 Å². The fourth-order valence-corrected chi connectivity index (χ4v) is 5.51. The van der Waals surface area contributed by atoms with Crippen LogP contribution in [-0.4, -0.2) is 94.7 Å². The second-order valence-electron chi connectivity index (χ2n) is 9.92. The SMILES string of the molecule is C#CCN1CC(=O)N2[C@@H](CCSC)C(=O)N(CCOCc3ccc(C)cc3)C[C@@H]2N1C(=O)NCc1ccccc1. The van der Waals surface area contributed by atoms with E-state index in [-0.39, 0.29) is 37.5 Å². The highest BCUT2D eigenvalue weighted by Crippen LogP contribution is 2.28. The molecule has 212 valence electrons. The minimum Gasteiger partial charge on any atom is -0.375 e.